The molecule has 1 atom stereocenters. The molecule has 0 aliphatic rings. The average Bonchev–Trinajstić information content (AvgIpc) is 2.49. The van der Waals surface area contributed by atoms with Gasteiger partial charge < -0.3 is 10.4 Å². The van der Waals surface area contributed by atoms with Gasteiger partial charge in [-0.2, -0.15) is 0 Å². The van der Waals surface area contributed by atoms with Crippen molar-refractivity contribution in [2.45, 2.75) is 25.9 Å². The molecule has 112 valence electrons. The number of anilines is 1. The number of rotatable bonds is 6. The normalized spacial score (nSPS) is 12.2. The molecule has 2 aromatic carbocycles. The van der Waals surface area contributed by atoms with Crippen molar-refractivity contribution in [3.8, 4) is 0 Å². The zero-order valence-corrected chi connectivity index (χ0v) is 13.5. The van der Waals surface area contributed by atoms with Crippen LogP contribution in [0.5, 0.6) is 0 Å². The largest absolute Gasteiger partial charge is 0.387 e. The summed E-state index contributed by atoms with van der Waals surface area (Å²) >= 11 is 12.1. The van der Waals surface area contributed by atoms with Gasteiger partial charge in [0.05, 0.1) is 6.10 Å². The second-order valence-corrected chi connectivity index (χ2v) is 5.81. The van der Waals surface area contributed by atoms with Gasteiger partial charge in [0.15, 0.2) is 0 Å². The summed E-state index contributed by atoms with van der Waals surface area (Å²) in [4.78, 5) is 0. The van der Waals surface area contributed by atoms with Crippen LogP contribution in [0.1, 0.15) is 30.6 Å². The molecule has 0 radical (unpaired) electrons. The van der Waals surface area contributed by atoms with Gasteiger partial charge in [0, 0.05) is 27.8 Å². The summed E-state index contributed by atoms with van der Waals surface area (Å²) in [5.74, 6) is 0. The van der Waals surface area contributed by atoms with Gasteiger partial charge in [-0.05, 0) is 36.2 Å². The van der Waals surface area contributed by atoms with E-state index in [1.54, 1.807) is 18.2 Å². The first kappa shape index (κ1) is 16.2. The molecule has 0 saturated carbocycles. The van der Waals surface area contributed by atoms with Crippen LogP contribution < -0.4 is 5.32 Å². The zero-order chi connectivity index (χ0) is 15.2. The summed E-state index contributed by atoms with van der Waals surface area (Å²) in [6.45, 7) is 2.54. The highest BCUT2D eigenvalue weighted by Gasteiger charge is 2.12. The first-order chi connectivity index (χ1) is 10.1. The van der Waals surface area contributed by atoms with E-state index in [-0.39, 0.29) is 0 Å². The van der Waals surface area contributed by atoms with Crippen molar-refractivity contribution in [3.05, 3.63) is 63.6 Å². The minimum atomic E-state index is -0.703. The van der Waals surface area contributed by atoms with Crippen LogP contribution in [0.15, 0.2) is 42.5 Å². The Balaban J connectivity index is 2.07. The van der Waals surface area contributed by atoms with Crippen molar-refractivity contribution in [2.75, 3.05) is 11.9 Å². The Morgan fingerprint density at radius 1 is 1.14 bits per heavy atom. The maximum Gasteiger partial charge on any atom is 0.0977 e. The van der Waals surface area contributed by atoms with E-state index in [0.29, 0.717) is 22.2 Å². The van der Waals surface area contributed by atoms with E-state index >= 15 is 0 Å². The molecule has 2 rings (SSSR count). The van der Waals surface area contributed by atoms with Crippen LogP contribution in [0.4, 0.5) is 5.69 Å². The fourth-order valence-corrected chi connectivity index (χ4v) is 2.69. The van der Waals surface area contributed by atoms with Crippen LogP contribution in [-0.4, -0.2) is 11.7 Å². The maximum absolute atomic E-state index is 10.3. The molecule has 0 aromatic heterocycles. The topological polar surface area (TPSA) is 32.3 Å². The molecular weight excluding hydrogens is 305 g/mol. The third kappa shape index (κ3) is 4.37. The highest BCUT2D eigenvalue weighted by molar-refractivity contribution is 6.33. The van der Waals surface area contributed by atoms with Crippen molar-refractivity contribution in [2.24, 2.45) is 0 Å². The maximum atomic E-state index is 10.3. The molecular formula is C17H19Cl2NO. The number of nitrogens with one attached hydrogen (secondary N) is 1. The van der Waals surface area contributed by atoms with Crippen molar-refractivity contribution in [3.63, 3.8) is 0 Å². The third-order valence-corrected chi connectivity index (χ3v) is 3.92. The summed E-state index contributed by atoms with van der Waals surface area (Å²) < 4.78 is 0. The Labute approximate surface area is 135 Å². The van der Waals surface area contributed by atoms with Gasteiger partial charge in [0.2, 0.25) is 0 Å². The molecule has 0 saturated heterocycles. The second-order valence-electron chi connectivity index (χ2n) is 4.97. The summed E-state index contributed by atoms with van der Waals surface area (Å²) in [5, 5.41) is 14.7. The lowest BCUT2D eigenvalue weighted by atomic mass is 10.1. The van der Waals surface area contributed by atoms with Gasteiger partial charge in [-0.25, -0.2) is 0 Å². The number of hydrogen-bond donors (Lipinski definition) is 2. The minimum Gasteiger partial charge on any atom is -0.387 e. The van der Waals surface area contributed by atoms with Crippen LogP contribution in [0.3, 0.4) is 0 Å². The third-order valence-electron chi connectivity index (χ3n) is 3.34. The number of aliphatic hydroxyl groups is 1. The SMILES string of the molecule is CCCc1ccccc1NCC(O)c1cc(Cl)ccc1Cl. The summed E-state index contributed by atoms with van der Waals surface area (Å²) in [5.41, 5.74) is 2.95. The number of aryl methyl sites for hydroxylation is 1. The molecule has 0 aliphatic carbocycles. The molecule has 2 N–H and O–H groups in total. The summed E-state index contributed by atoms with van der Waals surface area (Å²) in [6.07, 6.45) is 1.39. The Hall–Kier alpha value is -1.22. The van der Waals surface area contributed by atoms with Crippen LogP contribution in [0, 0.1) is 0 Å². The number of aliphatic hydroxyl groups excluding tert-OH is 1. The van der Waals surface area contributed by atoms with E-state index in [2.05, 4.69) is 18.3 Å². The highest BCUT2D eigenvalue weighted by Crippen LogP contribution is 2.27. The molecule has 1 unspecified atom stereocenters. The van der Waals surface area contributed by atoms with Gasteiger partial charge >= 0.3 is 0 Å². The lowest BCUT2D eigenvalue weighted by Crippen LogP contribution is -2.13. The predicted octanol–water partition coefficient (Wildman–Crippen LogP) is 5.09. The van der Waals surface area contributed by atoms with Crippen LogP contribution in [0.25, 0.3) is 0 Å². The Morgan fingerprint density at radius 2 is 1.90 bits per heavy atom. The number of benzene rings is 2. The number of halogens is 2. The van der Waals surface area contributed by atoms with Crippen molar-refractivity contribution < 1.29 is 5.11 Å². The second kappa shape index (κ2) is 7.69. The van der Waals surface area contributed by atoms with Crippen molar-refractivity contribution in [1.29, 1.82) is 0 Å². The molecule has 21 heavy (non-hydrogen) atoms. The molecule has 0 bridgehead atoms. The van der Waals surface area contributed by atoms with E-state index in [9.17, 15) is 5.11 Å². The first-order valence-corrected chi connectivity index (χ1v) is 7.82. The van der Waals surface area contributed by atoms with Gasteiger partial charge in [-0.3, -0.25) is 0 Å². The molecule has 0 spiro atoms. The van der Waals surface area contributed by atoms with Crippen LogP contribution >= 0.6 is 23.2 Å². The predicted molar refractivity (Wildman–Crippen MR) is 90.3 cm³/mol. The van der Waals surface area contributed by atoms with E-state index in [1.807, 2.05) is 18.2 Å². The molecule has 0 heterocycles. The minimum absolute atomic E-state index is 0.390. The molecule has 2 aromatic rings. The fraction of sp³-hybridized carbons (Fsp3) is 0.294. The van der Waals surface area contributed by atoms with Crippen LogP contribution in [0.2, 0.25) is 10.0 Å². The van der Waals surface area contributed by atoms with Crippen molar-refractivity contribution >= 4 is 28.9 Å². The van der Waals surface area contributed by atoms with E-state index in [4.69, 9.17) is 23.2 Å². The van der Waals surface area contributed by atoms with Gasteiger partial charge in [0.25, 0.3) is 0 Å². The van der Waals surface area contributed by atoms with Gasteiger partial charge in [0.1, 0.15) is 0 Å². The van der Waals surface area contributed by atoms with Gasteiger partial charge in [-0.15, -0.1) is 0 Å². The molecule has 4 heteroatoms. The van der Waals surface area contributed by atoms with E-state index in [0.717, 1.165) is 18.5 Å². The Bertz CT molecular complexity index is 601. The average molecular weight is 324 g/mol. The standard InChI is InChI=1S/C17H19Cl2NO/c1-2-5-12-6-3-4-7-16(12)20-11-17(21)14-10-13(18)8-9-15(14)19/h3-4,6-10,17,20-21H,2,5,11H2,1H3. The molecule has 0 aliphatic heterocycles. The smallest absolute Gasteiger partial charge is 0.0977 e. The molecule has 0 amide bonds. The quantitative estimate of drug-likeness (QED) is 0.775. The highest BCUT2D eigenvalue weighted by atomic mass is 35.5. The summed E-state index contributed by atoms with van der Waals surface area (Å²) in [7, 11) is 0. The Morgan fingerprint density at radius 3 is 2.67 bits per heavy atom. The van der Waals surface area contributed by atoms with E-state index < -0.39 is 6.10 Å². The van der Waals surface area contributed by atoms with Gasteiger partial charge in [-0.1, -0.05) is 54.7 Å². The zero-order valence-electron chi connectivity index (χ0n) is 11.9. The number of hydrogen-bond acceptors (Lipinski definition) is 2. The van der Waals surface area contributed by atoms with Crippen LogP contribution in [-0.2, 0) is 6.42 Å². The van der Waals surface area contributed by atoms with E-state index in [1.165, 1.54) is 5.56 Å². The lowest BCUT2D eigenvalue weighted by Gasteiger charge is -2.17. The lowest BCUT2D eigenvalue weighted by molar-refractivity contribution is 0.191. The molecule has 2 nitrogen and oxygen atoms in total. The number of para-hydroxylation sites is 1. The fourth-order valence-electron chi connectivity index (χ4n) is 2.27. The summed E-state index contributed by atoms with van der Waals surface area (Å²) in [6, 6.07) is 13.3. The monoisotopic (exact) mass is 323 g/mol. The van der Waals surface area contributed by atoms with Crippen molar-refractivity contribution in [1.82, 2.24) is 0 Å². The Kier molecular flexibility index (Phi) is 5.92. The first-order valence-electron chi connectivity index (χ1n) is 7.06. The molecule has 0 fully saturated rings.